The zero-order valence-electron chi connectivity index (χ0n) is 7.73. The summed E-state index contributed by atoms with van der Waals surface area (Å²) in [4.78, 5) is 0. The van der Waals surface area contributed by atoms with Gasteiger partial charge in [-0.2, -0.15) is 22.3 Å². The van der Waals surface area contributed by atoms with Crippen LogP contribution in [0.3, 0.4) is 0 Å². The predicted octanol–water partition coefficient (Wildman–Crippen LogP) is 2.71. The maximum atomic E-state index is 8.81. The molecule has 1 aromatic carbocycles. The van der Waals surface area contributed by atoms with Crippen molar-refractivity contribution in [1.82, 2.24) is 0 Å². The van der Waals surface area contributed by atoms with E-state index in [-0.39, 0.29) is 0 Å². The first-order chi connectivity index (χ1) is 6.88. The molecule has 2 nitrogen and oxygen atoms in total. The highest BCUT2D eigenvalue weighted by atomic mass is 32.2. The largest absolute Gasteiger partial charge is 0.198 e. The van der Waals surface area contributed by atoms with Crippen LogP contribution in [0.15, 0.2) is 24.3 Å². The Balaban J connectivity index is 2.51. The lowest BCUT2D eigenvalue weighted by molar-refractivity contribution is 1.23. The van der Waals surface area contributed by atoms with Crippen molar-refractivity contribution in [3.05, 3.63) is 35.4 Å². The summed E-state index contributed by atoms with van der Waals surface area (Å²) in [6.07, 6.45) is 0.569. The second kappa shape index (κ2) is 6.07. The number of benzene rings is 1. The van der Waals surface area contributed by atoms with Crippen LogP contribution >= 0.6 is 11.8 Å². The van der Waals surface area contributed by atoms with Gasteiger partial charge in [0.1, 0.15) is 0 Å². The zero-order chi connectivity index (χ0) is 10.2. The highest BCUT2D eigenvalue weighted by molar-refractivity contribution is 7.98. The van der Waals surface area contributed by atoms with E-state index in [0.717, 1.165) is 22.6 Å². The minimum atomic E-state index is 0.569. The van der Waals surface area contributed by atoms with E-state index in [1.54, 1.807) is 11.8 Å². The molecule has 0 fully saturated rings. The van der Waals surface area contributed by atoms with Gasteiger partial charge in [0.05, 0.1) is 17.7 Å². The summed E-state index contributed by atoms with van der Waals surface area (Å²) < 4.78 is 0. The molecule has 0 N–H and O–H groups in total. The lowest BCUT2D eigenvalue weighted by Gasteiger charge is -2.01. The van der Waals surface area contributed by atoms with Gasteiger partial charge in [0.15, 0.2) is 0 Å². The maximum Gasteiger partial charge on any atom is 0.0994 e. The molecule has 0 atom stereocenters. The summed E-state index contributed by atoms with van der Waals surface area (Å²) in [6.45, 7) is 0. The van der Waals surface area contributed by atoms with Crippen LogP contribution in [0, 0.1) is 22.7 Å². The third-order valence-electron chi connectivity index (χ3n) is 1.75. The van der Waals surface area contributed by atoms with Crippen molar-refractivity contribution in [3.63, 3.8) is 0 Å². The number of rotatable bonds is 4. The molecular weight excluding hydrogens is 192 g/mol. The Bertz CT molecular complexity index is 374. The lowest BCUT2D eigenvalue weighted by atomic mass is 10.1. The van der Waals surface area contributed by atoms with Gasteiger partial charge in [0.25, 0.3) is 0 Å². The smallest absolute Gasteiger partial charge is 0.0994 e. The van der Waals surface area contributed by atoms with E-state index in [1.165, 1.54) is 0 Å². The Morgan fingerprint density at radius 3 is 2.71 bits per heavy atom. The highest BCUT2D eigenvalue weighted by Crippen LogP contribution is 2.16. The summed E-state index contributed by atoms with van der Waals surface area (Å²) in [6, 6.07) is 11.8. The van der Waals surface area contributed by atoms with Gasteiger partial charge in [-0.3, -0.25) is 0 Å². The normalized spacial score (nSPS) is 9.00. The van der Waals surface area contributed by atoms with E-state index in [9.17, 15) is 0 Å². The van der Waals surface area contributed by atoms with Crippen LogP contribution in [-0.2, 0) is 5.75 Å². The quantitative estimate of drug-likeness (QED) is 0.705. The Morgan fingerprint density at radius 1 is 1.21 bits per heavy atom. The summed E-state index contributed by atoms with van der Waals surface area (Å²) >= 11 is 1.69. The molecule has 3 heteroatoms. The molecule has 0 aliphatic carbocycles. The van der Waals surface area contributed by atoms with Crippen LogP contribution in [0.25, 0.3) is 0 Å². The molecule has 0 radical (unpaired) electrons. The molecule has 0 unspecified atom stereocenters. The molecule has 0 spiro atoms. The molecule has 1 rings (SSSR count). The number of hydrogen-bond donors (Lipinski definition) is 0. The minimum Gasteiger partial charge on any atom is -0.198 e. The maximum absolute atomic E-state index is 8.81. The van der Waals surface area contributed by atoms with E-state index >= 15 is 0 Å². The molecule has 1 aromatic rings. The fourth-order valence-electron chi connectivity index (χ4n) is 1.06. The second-order valence-corrected chi connectivity index (χ2v) is 3.83. The summed E-state index contributed by atoms with van der Waals surface area (Å²) in [5.74, 6) is 1.64. The zero-order valence-corrected chi connectivity index (χ0v) is 8.55. The minimum absolute atomic E-state index is 0.569. The van der Waals surface area contributed by atoms with Crippen molar-refractivity contribution in [2.45, 2.75) is 12.2 Å². The van der Waals surface area contributed by atoms with Crippen LogP contribution in [0.4, 0.5) is 0 Å². The van der Waals surface area contributed by atoms with Gasteiger partial charge in [-0.25, -0.2) is 0 Å². The van der Waals surface area contributed by atoms with Crippen molar-refractivity contribution in [3.8, 4) is 12.1 Å². The average molecular weight is 202 g/mol. The highest BCUT2D eigenvalue weighted by Gasteiger charge is 1.99. The van der Waals surface area contributed by atoms with Gasteiger partial charge >= 0.3 is 0 Å². The summed E-state index contributed by atoms with van der Waals surface area (Å²) in [5, 5.41) is 17.2. The number of thioether (sulfide) groups is 1. The SMILES string of the molecule is N#CCCSCc1ccccc1C#N. The predicted molar refractivity (Wildman–Crippen MR) is 57.5 cm³/mol. The standard InChI is InChI=1S/C11H10N2S/c12-6-3-7-14-9-11-5-2-1-4-10(11)8-13/h1-2,4-5H,3,7,9H2. The summed E-state index contributed by atoms with van der Waals surface area (Å²) in [7, 11) is 0. The molecule has 14 heavy (non-hydrogen) atoms. The molecule has 0 saturated heterocycles. The van der Waals surface area contributed by atoms with Gasteiger partial charge in [-0.15, -0.1) is 0 Å². The molecule has 0 heterocycles. The molecule has 0 aliphatic heterocycles. The van der Waals surface area contributed by atoms with E-state index in [1.807, 2.05) is 24.3 Å². The van der Waals surface area contributed by atoms with Crippen molar-refractivity contribution < 1.29 is 0 Å². The van der Waals surface area contributed by atoms with Gasteiger partial charge < -0.3 is 0 Å². The third-order valence-corrected chi connectivity index (χ3v) is 2.76. The molecular formula is C11H10N2S. The van der Waals surface area contributed by atoms with Crippen molar-refractivity contribution in [2.75, 3.05) is 5.75 Å². The van der Waals surface area contributed by atoms with Gasteiger partial charge in [0.2, 0.25) is 0 Å². The van der Waals surface area contributed by atoms with E-state index < -0.39 is 0 Å². The van der Waals surface area contributed by atoms with Crippen molar-refractivity contribution in [1.29, 1.82) is 10.5 Å². The van der Waals surface area contributed by atoms with Crippen molar-refractivity contribution >= 4 is 11.8 Å². The first-order valence-electron chi connectivity index (χ1n) is 4.31. The Kier molecular flexibility index (Phi) is 4.61. The number of nitriles is 2. The van der Waals surface area contributed by atoms with Gasteiger partial charge in [-0.1, -0.05) is 18.2 Å². The van der Waals surface area contributed by atoms with E-state index in [0.29, 0.717) is 6.42 Å². The van der Waals surface area contributed by atoms with E-state index in [4.69, 9.17) is 10.5 Å². The van der Waals surface area contributed by atoms with Crippen LogP contribution in [0.2, 0.25) is 0 Å². The molecule has 0 aliphatic rings. The number of hydrogen-bond acceptors (Lipinski definition) is 3. The molecule has 70 valence electrons. The summed E-state index contributed by atoms with van der Waals surface area (Å²) in [5.41, 5.74) is 1.79. The van der Waals surface area contributed by atoms with Crippen LogP contribution in [0.5, 0.6) is 0 Å². The Hall–Kier alpha value is -1.45. The Morgan fingerprint density at radius 2 is 2.00 bits per heavy atom. The topological polar surface area (TPSA) is 47.6 Å². The average Bonchev–Trinajstić information content (AvgIpc) is 2.25. The van der Waals surface area contributed by atoms with Crippen molar-refractivity contribution in [2.24, 2.45) is 0 Å². The van der Waals surface area contributed by atoms with E-state index in [2.05, 4.69) is 12.1 Å². The second-order valence-electron chi connectivity index (χ2n) is 2.73. The fraction of sp³-hybridized carbons (Fsp3) is 0.273. The van der Waals surface area contributed by atoms with Crippen LogP contribution in [-0.4, -0.2) is 5.75 Å². The van der Waals surface area contributed by atoms with Crippen LogP contribution < -0.4 is 0 Å². The monoisotopic (exact) mass is 202 g/mol. The first-order valence-corrected chi connectivity index (χ1v) is 5.46. The first kappa shape index (κ1) is 10.6. The molecule has 0 saturated carbocycles. The molecule has 0 bridgehead atoms. The van der Waals surface area contributed by atoms with Gasteiger partial charge in [-0.05, 0) is 11.6 Å². The fourth-order valence-corrected chi connectivity index (χ4v) is 1.91. The molecule has 0 aromatic heterocycles. The lowest BCUT2D eigenvalue weighted by Crippen LogP contribution is -1.87. The number of nitrogens with zero attached hydrogens (tertiary/aromatic N) is 2. The van der Waals surface area contributed by atoms with Gasteiger partial charge in [0, 0.05) is 17.9 Å². The third kappa shape index (κ3) is 3.12. The van der Waals surface area contributed by atoms with Crippen LogP contribution in [0.1, 0.15) is 17.5 Å². The Labute approximate surface area is 88.2 Å². The molecule has 0 amide bonds.